The molecule has 1 aromatic heterocycles. The molecule has 0 aromatic carbocycles. The molecule has 0 unspecified atom stereocenters. The van der Waals surface area contributed by atoms with Gasteiger partial charge < -0.3 is 10.4 Å². The van der Waals surface area contributed by atoms with Gasteiger partial charge in [0.25, 0.3) is 0 Å². The minimum atomic E-state index is -0.982. The van der Waals surface area contributed by atoms with Gasteiger partial charge in [0.1, 0.15) is 0 Å². The van der Waals surface area contributed by atoms with Crippen molar-refractivity contribution in [3.8, 4) is 0 Å². The molecular weight excluding hydrogens is 216 g/mol. The predicted molar refractivity (Wildman–Crippen MR) is 66.3 cm³/mol. The van der Waals surface area contributed by atoms with E-state index in [9.17, 15) is 4.79 Å². The van der Waals surface area contributed by atoms with Crippen molar-refractivity contribution >= 4 is 11.7 Å². The summed E-state index contributed by atoms with van der Waals surface area (Å²) in [5, 5.41) is 12.3. The second kappa shape index (κ2) is 4.73. The summed E-state index contributed by atoms with van der Waals surface area (Å²) in [6, 6.07) is 3.53. The standard InChI is InChI=1S/C13H18N2O2/c1-13(6-2-3-7-13)9-15-10-5-4-8-14-11(10)12(16)17/h4-5,8,15H,2-3,6-7,9H2,1H3,(H,16,17). The van der Waals surface area contributed by atoms with Crippen molar-refractivity contribution in [3.63, 3.8) is 0 Å². The lowest BCUT2D eigenvalue weighted by Crippen LogP contribution is -2.24. The fourth-order valence-corrected chi connectivity index (χ4v) is 2.43. The molecule has 1 fully saturated rings. The van der Waals surface area contributed by atoms with Gasteiger partial charge in [0.2, 0.25) is 0 Å². The molecule has 1 aliphatic rings. The molecule has 0 atom stereocenters. The van der Waals surface area contributed by atoms with Gasteiger partial charge in [-0.3, -0.25) is 0 Å². The van der Waals surface area contributed by atoms with Crippen LogP contribution in [0.4, 0.5) is 5.69 Å². The maximum atomic E-state index is 11.0. The van der Waals surface area contributed by atoms with Crippen molar-refractivity contribution in [1.29, 1.82) is 0 Å². The van der Waals surface area contributed by atoms with Crippen LogP contribution in [0.2, 0.25) is 0 Å². The second-order valence-electron chi connectivity index (χ2n) is 5.08. The Morgan fingerprint density at radius 2 is 2.24 bits per heavy atom. The molecule has 4 nitrogen and oxygen atoms in total. The Morgan fingerprint density at radius 3 is 2.88 bits per heavy atom. The molecule has 0 radical (unpaired) electrons. The van der Waals surface area contributed by atoms with Gasteiger partial charge in [-0.1, -0.05) is 19.8 Å². The van der Waals surface area contributed by atoms with Crippen LogP contribution in [0.5, 0.6) is 0 Å². The lowest BCUT2D eigenvalue weighted by Gasteiger charge is -2.24. The molecular formula is C13H18N2O2. The van der Waals surface area contributed by atoms with Gasteiger partial charge in [0, 0.05) is 12.7 Å². The van der Waals surface area contributed by atoms with E-state index in [4.69, 9.17) is 5.11 Å². The number of hydrogen-bond acceptors (Lipinski definition) is 3. The van der Waals surface area contributed by atoms with Gasteiger partial charge in [-0.2, -0.15) is 0 Å². The van der Waals surface area contributed by atoms with E-state index in [1.807, 2.05) is 0 Å². The van der Waals surface area contributed by atoms with Gasteiger partial charge >= 0.3 is 5.97 Å². The molecule has 2 rings (SSSR count). The minimum Gasteiger partial charge on any atom is -0.476 e. The van der Waals surface area contributed by atoms with Crippen LogP contribution >= 0.6 is 0 Å². The fraction of sp³-hybridized carbons (Fsp3) is 0.538. The summed E-state index contributed by atoms with van der Waals surface area (Å²) in [7, 11) is 0. The van der Waals surface area contributed by atoms with Crippen LogP contribution in [-0.2, 0) is 0 Å². The molecule has 92 valence electrons. The van der Waals surface area contributed by atoms with Gasteiger partial charge in [0.05, 0.1) is 5.69 Å². The average Bonchev–Trinajstić information content (AvgIpc) is 2.74. The van der Waals surface area contributed by atoms with Crippen molar-refractivity contribution in [3.05, 3.63) is 24.0 Å². The first-order valence-electron chi connectivity index (χ1n) is 6.03. The highest BCUT2D eigenvalue weighted by Crippen LogP contribution is 2.37. The smallest absolute Gasteiger partial charge is 0.356 e. The van der Waals surface area contributed by atoms with Gasteiger partial charge in [-0.05, 0) is 30.4 Å². The third-order valence-electron chi connectivity index (χ3n) is 3.53. The van der Waals surface area contributed by atoms with Crippen molar-refractivity contribution < 1.29 is 9.90 Å². The molecule has 4 heteroatoms. The highest BCUT2D eigenvalue weighted by atomic mass is 16.4. The number of carbonyl (C=O) groups is 1. The lowest BCUT2D eigenvalue weighted by molar-refractivity contribution is 0.0691. The zero-order valence-electron chi connectivity index (χ0n) is 10.1. The van der Waals surface area contributed by atoms with Crippen molar-refractivity contribution in [2.24, 2.45) is 5.41 Å². The van der Waals surface area contributed by atoms with E-state index in [-0.39, 0.29) is 5.69 Å². The van der Waals surface area contributed by atoms with E-state index in [1.165, 1.54) is 31.9 Å². The van der Waals surface area contributed by atoms with Crippen LogP contribution in [0.25, 0.3) is 0 Å². The Morgan fingerprint density at radius 1 is 1.53 bits per heavy atom. The highest BCUT2D eigenvalue weighted by molar-refractivity contribution is 5.91. The van der Waals surface area contributed by atoms with Crippen LogP contribution in [0.1, 0.15) is 43.1 Å². The lowest BCUT2D eigenvalue weighted by atomic mass is 9.89. The molecule has 0 saturated heterocycles. The zero-order chi connectivity index (χ0) is 12.3. The van der Waals surface area contributed by atoms with Crippen molar-refractivity contribution in [1.82, 2.24) is 4.98 Å². The molecule has 0 bridgehead atoms. The number of hydrogen-bond donors (Lipinski definition) is 2. The topological polar surface area (TPSA) is 62.2 Å². The van der Waals surface area contributed by atoms with Gasteiger partial charge in [-0.15, -0.1) is 0 Å². The largest absolute Gasteiger partial charge is 0.476 e. The van der Waals surface area contributed by atoms with E-state index in [0.717, 1.165) is 6.54 Å². The summed E-state index contributed by atoms with van der Waals surface area (Å²) in [6.07, 6.45) is 6.48. The number of aromatic carboxylic acids is 1. The van der Waals surface area contributed by atoms with E-state index >= 15 is 0 Å². The summed E-state index contributed by atoms with van der Waals surface area (Å²) in [5.41, 5.74) is 1.02. The minimum absolute atomic E-state index is 0.106. The number of pyridine rings is 1. The first-order valence-corrected chi connectivity index (χ1v) is 6.03. The summed E-state index contributed by atoms with van der Waals surface area (Å²) in [4.78, 5) is 14.9. The molecule has 1 heterocycles. The highest BCUT2D eigenvalue weighted by Gasteiger charge is 2.28. The Bertz CT molecular complexity index is 412. The molecule has 1 aromatic rings. The SMILES string of the molecule is CC1(CNc2cccnc2C(=O)O)CCCC1. The summed E-state index contributed by atoms with van der Waals surface area (Å²) in [6.45, 7) is 3.07. The Hall–Kier alpha value is -1.58. The molecule has 2 N–H and O–H groups in total. The Labute approximate surface area is 101 Å². The molecule has 0 aliphatic heterocycles. The zero-order valence-corrected chi connectivity index (χ0v) is 10.1. The third-order valence-corrected chi connectivity index (χ3v) is 3.53. The average molecular weight is 234 g/mol. The molecule has 1 aliphatic carbocycles. The Kier molecular flexibility index (Phi) is 3.31. The molecule has 17 heavy (non-hydrogen) atoms. The monoisotopic (exact) mass is 234 g/mol. The van der Waals surface area contributed by atoms with E-state index < -0.39 is 5.97 Å². The predicted octanol–water partition coefficient (Wildman–Crippen LogP) is 2.77. The summed E-state index contributed by atoms with van der Waals surface area (Å²) < 4.78 is 0. The molecule has 0 spiro atoms. The van der Waals surface area contributed by atoms with Crippen LogP contribution < -0.4 is 5.32 Å². The number of carboxylic acid groups (broad SMARTS) is 1. The van der Waals surface area contributed by atoms with Crippen LogP contribution in [0.3, 0.4) is 0 Å². The second-order valence-corrected chi connectivity index (χ2v) is 5.08. The van der Waals surface area contributed by atoms with Gasteiger partial charge in [-0.25, -0.2) is 9.78 Å². The van der Waals surface area contributed by atoms with E-state index in [1.54, 1.807) is 12.1 Å². The fourth-order valence-electron chi connectivity index (χ4n) is 2.43. The van der Waals surface area contributed by atoms with Crippen LogP contribution in [-0.4, -0.2) is 22.6 Å². The maximum Gasteiger partial charge on any atom is 0.356 e. The summed E-state index contributed by atoms with van der Waals surface area (Å²) >= 11 is 0. The number of carboxylic acids is 1. The number of anilines is 1. The van der Waals surface area contributed by atoms with E-state index in [2.05, 4.69) is 17.2 Å². The maximum absolute atomic E-state index is 11.0. The summed E-state index contributed by atoms with van der Waals surface area (Å²) in [5.74, 6) is -0.982. The van der Waals surface area contributed by atoms with Crippen molar-refractivity contribution in [2.45, 2.75) is 32.6 Å². The Balaban J connectivity index is 2.06. The number of rotatable bonds is 4. The van der Waals surface area contributed by atoms with Crippen LogP contribution in [0, 0.1) is 5.41 Å². The third kappa shape index (κ3) is 2.75. The number of aromatic nitrogens is 1. The first kappa shape index (κ1) is 11.9. The van der Waals surface area contributed by atoms with E-state index in [0.29, 0.717) is 11.1 Å². The number of nitrogens with zero attached hydrogens (tertiary/aromatic N) is 1. The van der Waals surface area contributed by atoms with Gasteiger partial charge in [0.15, 0.2) is 5.69 Å². The molecule has 1 saturated carbocycles. The molecule has 0 amide bonds. The van der Waals surface area contributed by atoms with Crippen LogP contribution in [0.15, 0.2) is 18.3 Å². The first-order chi connectivity index (χ1) is 8.11. The number of nitrogens with one attached hydrogen (secondary N) is 1. The van der Waals surface area contributed by atoms with Crippen molar-refractivity contribution in [2.75, 3.05) is 11.9 Å². The quantitative estimate of drug-likeness (QED) is 0.840. The normalized spacial score (nSPS) is 17.9.